The first-order valence-corrected chi connectivity index (χ1v) is 7.94. The van der Waals surface area contributed by atoms with Crippen LogP contribution in [0.5, 0.6) is 0 Å². The molecule has 2 aromatic rings. The maximum absolute atomic E-state index is 12.0. The Bertz CT molecular complexity index is 803. The second-order valence-corrected chi connectivity index (χ2v) is 6.66. The highest BCUT2D eigenvalue weighted by atomic mass is 35.5. The number of anilines is 1. The minimum Gasteiger partial charge on any atom is -0.313 e. The molecule has 0 aliphatic rings. The summed E-state index contributed by atoms with van der Waals surface area (Å²) in [4.78, 5) is 13.0. The van der Waals surface area contributed by atoms with Crippen LogP contribution >= 0.6 is 34.5 Å². The largest absolute Gasteiger partial charge is 0.313 e. The Morgan fingerprint density at radius 2 is 2.09 bits per heavy atom. The van der Waals surface area contributed by atoms with Crippen molar-refractivity contribution < 1.29 is 4.79 Å². The number of amides is 1. The van der Waals surface area contributed by atoms with Crippen molar-refractivity contribution in [3.05, 3.63) is 55.9 Å². The number of carbonyl (C=O) groups is 1. The quantitative estimate of drug-likeness (QED) is 0.773. The molecule has 0 unspecified atom stereocenters. The predicted molar refractivity (Wildman–Crippen MR) is 92.6 cm³/mol. The van der Waals surface area contributed by atoms with Crippen LogP contribution in [-0.4, -0.2) is 5.91 Å². The van der Waals surface area contributed by atoms with Crippen molar-refractivity contribution in [1.82, 2.24) is 0 Å². The molecule has 22 heavy (non-hydrogen) atoms. The van der Waals surface area contributed by atoms with E-state index in [0.717, 1.165) is 10.4 Å². The van der Waals surface area contributed by atoms with Crippen LogP contribution in [0.3, 0.4) is 0 Å². The molecule has 0 spiro atoms. The Kier molecular flexibility index (Phi) is 5.25. The summed E-state index contributed by atoms with van der Waals surface area (Å²) in [5.41, 5.74) is 2.10. The first-order valence-electron chi connectivity index (χ1n) is 6.36. The molecular weight excluding hydrogens is 339 g/mol. The molecular formula is C16H12Cl2N2OS. The summed E-state index contributed by atoms with van der Waals surface area (Å²) in [6, 6.07) is 7.16. The number of rotatable bonds is 3. The summed E-state index contributed by atoms with van der Waals surface area (Å²) in [7, 11) is 0. The zero-order valence-corrected chi connectivity index (χ0v) is 14.2. The van der Waals surface area contributed by atoms with Crippen LogP contribution in [0.15, 0.2) is 24.3 Å². The molecule has 1 heterocycles. The van der Waals surface area contributed by atoms with Gasteiger partial charge < -0.3 is 5.32 Å². The number of hydrogen-bond donors (Lipinski definition) is 1. The number of nitrogens with zero attached hydrogens (tertiary/aromatic N) is 1. The Morgan fingerprint density at radius 1 is 1.36 bits per heavy atom. The third-order valence-electron chi connectivity index (χ3n) is 3.11. The van der Waals surface area contributed by atoms with E-state index in [2.05, 4.69) is 11.4 Å². The molecule has 0 saturated heterocycles. The second kappa shape index (κ2) is 6.97. The summed E-state index contributed by atoms with van der Waals surface area (Å²) >= 11 is 13.2. The molecule has 0 atom stereocenters. The molecule has 0 bridgehead atoms. The number of benzene rings is 1. The van der Waals surface area contributed by atoms with Crippen LogP contribution in [0.1, 0.15) is 21.6 Å². The first-order chi connectivity index (χ1) is 10.4. The molecule has 0 radical (unpaired) electrons. The predicted octanol–water partition coefficient (Wildman–Crippen LogP) is 5.20. The number of nitrogens with one attached hydrogen (secondary N) is 1. The van der Waals surface area contributed by atoms with Crippen molar-refractivity contribution >= 4 is 51.5 Å². The number of aryl methyl sites for hydroxylation is 1. The van der Waals surface area contributed by atoms with Gasteiger partial charge in [0.05, 0.1) is 5.56 Å². The normalized spacial score (nSPS) is 10.7. The van der Waals surface area contributed by atoms with Crippen molar-refractivity contribution in [2.24, 2.45) is 0 Å². The lowest BCUT2D eigenvalue weighted by molar-refractivity contribution is -0.111. The van der Waals surface area contributed by atoms with Gasteiger partial charge in [-0.1, -0.05) is 29.3 Å². The van der Waals surface area contributed by atoms with Crippen molar-refractivity contribution in [1.29, 1.82) is 5.26 Å². The number of nitriles is 1. The molecule has 3 nitrogen and oxygen atoms in total. The monoisotopic (exact) mass is 350 g/mol. The fraction of sp³-hybridized carbons (Fsp3) is 0.125. The standard InChI is InChI=1S/C16H12Cl2N2OS/c1-9-10(2)22-16(13(9)8-19)20-15(21)6-4-11-3-5-12(17)7-14(11)18/h3-7H,1-2H3,(H,20,21)/b6-4+. The summed E-state index contributed by atoms with van der Waals surface area (Å²) in [5.74, 6) is -0.316. The third kappa shape index (κ3) is 3.69. The van der Waals surface area contributed by atoms with Crippen LogP contribution in [0.2, 0.25) is 10.0 Å². The Balaban J connectivity index is 2.15. The lowest BCUT2D eigenvalue weighted by Crippen LogP contribution is -2.07. The third-order valence-corrected chi connectivity index (χ3v) is 4.80. The SMILES string of the molecule is Cc1sc(NC(=O)/C=C/c2ccc(Cl)cc2Cl)c(C#N)c1C. The Morgan fingerprint density at radius 3 is 2.73 bits per heavy atom. The van der Waals surface area contributed by atoms with Crippen LogP contribution in [0.25, 0.3) is 6.08 Å². The lowest BCUT2D eigenvalue weighted by Gasteiger charge is -2.00. The molecule has 1 aromatic heterocycles. The highest BCUT2D eigenvalue weighted by Gasteiger charge is 2.13. The van der Waals surface area contributed by atoms with Gasteiger partial charge >= 0.3 is 0 Å². The number of carbonyl (C=O) groups excluding carboxylic acids is 1. The maximum Gasteiger partial charge on any atom is 0.249 e. The van der Waals surface area contributed by atoms with E-state index in [1.807, 2.05) is 13.8 Å². The molecule has 1 amide bonds. The number of thiophene rings is 1. The average molecular weight is 351 g/mol. The van der Waals surface area contributed by atoms with E-state index in [4.69, 9.17) is 28.5 Å². The van der Waals surface area contributed by atoms with Crippen molar-refractivity contribution in [2.45, 2.75) is 13.8 Å². The van der Waals surface area contributed by atoms with Gasteiger partial charge in [-0.2, -0.15) is 5.26 Å². The topological polar surface area (TPSA) is 52.9 Å². The molecule has 112 valence electrons. The van der Waals surface area contributed by atoms with Gasteiger partial charge in [0, 0.05) is 21.0 Å². The van der Waals surface area contributed by atoms with Gasteiger partial charge in [-0.3, -0.25) is 4.79 Å². The fourth-order valence-corrected chi connectivity index (χ4v) is 3.29. The minimum absolute atomic E-state index is 0.316. The van der Waals surface area contributed by atoms with Gasteiger partial charge in [-0.25, -0.2) is 0 Å². The van der Waals surface area contributed by atoms with E-state index >= 15 is 0 Å². The van der Waals surface area contributed by atoms with Crippen molar-refractivity contribution in [2.75, 3.05) is 5.32 Å². The van der Waals surface area contributed by atoms with E-state index in [-0.39, 0.29) is 5.91 Å². The summed E-state index contributed by atoms with van der Waals surface area (Å²) in [6.45, 7) is 3.78. The zero-order valence-electron chi connectivity index (χ0n) is 11.9. The molecule has 1 aromatic carbocycles. The minimum atomic E-state index is -0.316. The highest BCUT2D eigenvalue weighted by Crippen LogP contribution is 2.31. The number of hydrogen-bond acceptors (Lipinski definition) is 3. The molecule has 1 N–H and O–H groups in total. The van der Waals surface area contributed by atoms with Crippen molar-refractivity contribution in [3.8, 4) is 6.07 Å². The van der Waals surface area contributed by atoms with E-state index in [1.165, 1.54) is 17.4 Å². The Hall–Kier alpha value is -1.80. The molecule has 2 rings (SSSR count). The van der Waals surface area contributed by atoms with Gasteiger partial charge in [0.2, 0.25) is 5.91 Å². The van der Waals surface area contributed by atoms with Gasteiger partial charge in [0.15, 0.2) is 0 Å². The van der Waals surface area contributed by atoms with E-state index in [0.29, 0.717) is 26.2 Å². The van der Waals surface area contributed by atoms with Gasteiger partial charge in [-0.15, -0.1) is 11.3 Å². The van der Waals surface area contributed by atoms with E-state index in [9.17, 15) is 4.79 Å². The van der Waals surface area contributed by atoms with E-state index < -0.39 is 0 Å². The van der Waals surface area contributed by atoms with E-state index in [1.54, 1.807) is 24.3 Å². The molecule has 6 heteroatoms. The highest BCUT2D eigenvalue weighted by molar-refractivity contribution is 7.16. The smallest absolute Gasteiger partial charge is 0.249 e. The van der Waals surface area contributed by atoms with Crippen LogP contribution < -0.4 is 5.32 Å². The molecule has 0 aliphatic carbocycles. The molecule has 0 aliphatic heterocycles. The average Bonchev–Trinajstić information content (AvgIpc) is 2.72. The van der Waals surface area contributed by atoms with Crippen LogP contribution in [0.4, 0.5) is 5.00 Å². The Labute approximate surface area is 142 Å². The molecule has 0 saturated carbocycles. The van der Waals surface area contributed by atoms with Gasteiger partial charge in [-0.05, 0) is 43.2 Å². The van der Waals surface area contributed by atoms with Crippen LogP contribution in [-0.2, 0) is 4.79 Å². The lowest BCUT2D eigenvalue weighted by atomic mass is 10.2. The van der Waals surface area contributed by atoms with Crippen LogP contribution in [0, 0.1) is 25.2 Å². The molecule has 0 fully saturated rings. The maximum atomic E-state index is 12.0. The summed E-state index contributed by atoms with van der Waals surface area (Å²) in [6.07, 6.45) is 2.98. The summed E-state index contributed by atoms with van der Waals surface area (Å²) < 4.78 is 0. The number of halogens is 2. The van der Waals surface area contributed by atoms with Gasteiger partial charge in [0.1, 0.15) is 11.1 Å². The summed E-state index contributed by atoms with van der Waals surface area (Å²) in [5, 5.41) is 13.4. The second-order valence-electron chi connectivity index (χ2n) is 4.59. The fourth-order valence-electron chi connectivity index (χ4n) is 1.81. The van der Waals surface area contributed by atoms with Crippen molar-refractivity contribution in [3.63, 3.8) is 0 Å². The zero-order chi connectivity index (χ0) is 16.3. The first kappa shape index (κ1) is 16.6. The van der Waals surface area contributed by atoms with Gasteiger partial charge in [0.25, 0.3) is 0 Å².